The zero-order valence-electron chi connectivity index (χ0n) is 18.4. The highest BCUT2D eigenvalue weighted by atomic mass is 32.2. The number of hydrogen-bond donors (Lipinski definition) is 1. The Morgan fingerprint density at radius 3 is 2.44 bits per heavy atom. The second-order valence-corrected chi connectivity index (χ2v) is 8.89. The molecule has 0 radical (unpaired) electrons. The molecule has 1 N–H and O–H groups in total. The van der Waals surface area contributed by atoms with Gasteiger partial charge in [-0.3, -0.25) is 14.2 Å². The van der Waals surface area contributed by atoms with E-state index >= 15 is 0 Å². The van der Waals surface area contributed by atoms with E-state index in [2.05, 4.69) is 5.32 Å². The molecular formula is C26H25N3O2S. The van der Waals surface area contributed by atoms with Gasteiger partial charge in [0.25, 0.3) is 5.56 Å². The van der Waals surface area contributed by atoms with Crippen LogP contribution in [-0.2, 0) is 11.3 Å². The number of rotatable bonds is 6. The average molecular weight is 444 g/mol. The summed E-state index contributed by atoms with van der Waals surface area (Å²) in [5.41, 5.74) is 5.67. The summed E-state index contributed by atoms with van der Waals surface area (Å²) in [7, 11) is 0. The summed E-state index contributed by atoms with van der Waals surface area (Å²) in [6, 6.07) is 21.3. The number of thioether (sulfide) groups is 1. The maximum atomic E-state index is 13.2. The Kier molecular flexibility index (Phi) is 6.42. The fourth-order valence-corrected chi connectivity index (χ4v) is 4.34. The van der Waals surface area contributed by atoms with Crippen LogP contribution in [0.3, 0.4) is 0 Å². The molecule has 0 bridgehead atoms. The molecule has 0 unspecified atom stereocenters. The number of aryl methyl sites for hydroxylation is 3. The van der Waals surface area contributed by atoms with Gasteiger partial charge in [-0.15, -0.1) is 0 Å². The highest BCUT2D eigenvalue weighted by molar-refractivity contribution is 7.99. The summed E-state index contributed by atoms with van der Waals surface area (Å²) in [6.07, 6.45) is 0. The Balaban J connectivity index is 1.61. The standard InChI is InChI=1S/C26H25N3O2S/c1-17-8-11-20(12-9-17)15-29-25(31)21-6-4-5-7-23(21)28-26(29)32-16-24(30)27-22-13-10-18(2)14-19(22)3/h4-14H,15-16H2,1-3H3,(H,27,30). The average Bonchev–Trinajstić information content (AvgIpc) is 2.78. The fraction of sp³-hybridized carbons (Fsp3) is 0.192. The van der Waals surface area contributed by atoms with Crippen LogP contribution in [0.5, 0.6) is 0 Å². The summed E-state index contributed by atoms with van der Waals surface area (Å²) in [5, 5.41) is 4.07. The quantitative estimate of drug-likeness (QED) is 0.333. The van der Waals surface area contributed by atoms with Crippen molar-refractivity contribution < 1.29 is 4.79 Å². The largest absolute Gasteiger partial charge is 0.325 e. The molecule has 0 saturated carbocycles. The number of nitrogens with one attached hydrogen (secondary N) is 1. The number of aromatic nitrogens is 2. The zero-order valence-corrected chi connectivity index (χ0v) is 19.2. The summed E-state index contributed by atoms with van der Waals surface area (Å²) in [4.78, 5) is 30.6. The first-order valence-corrected chi connectivity index (χ1v) is 11.4. The molecule has 0 saturated heterocycles. The lowest BCUT2D eigenvalue weighted by molar-refractivity contribution is -0.113. The van der Waals surface area contributed by atoms with Gasteiger partial charge in [0.2, 0.25) is 5.91 Å². The molecule has 0 spiro atoms. The second kappa shape index (κ2) is 9.40. The minimum atomic E-state index is -0.133. The van der Waals surface area contributed by atoms with Crippen molar-refractivity contribution in [1.82, 2.24) is 9.55 Å². The fourth-order valence-electron chi connectivity index (χ4n) is 3.54. The van der Waals surface area contributed by atoms with Gasteiger partial charge < -0.3 is 5.32 Å². The van der Waals surface area contributed by atoms with Crippen molar-refractivity contribution in [3.05, 3.63) is 99.3 Å². The molecule has 3 aromatic carbocycles. The summed E-state index contributed by atoms with van der Waals surface area (Å²) >= 11 is 1.27. The number of amides is 1. The molecule has 0 aliphatic carbocycles. The lowest BCUT2D eigenvalue weighted by atomic mass is 10.1. The molecule has 0 aliphatic heterocycles. The number of benzene rings is 3. The van der Waals surface area contributed by atoms with Crippen molar-refractivity contribution in [2.45, 2.75) is 32.5 Å². The molecule has 4 aromatic rings. The molecule has 5 nitrogen and oxygen atoms in total. The molecule has 32 heavy (non-hydrogen) atoms. The molecule has 162 valence electrons. The molecule has 1 aromatic heterocycles. The Morgan fingerprint density at radius 2 is 1.69 bits per heavy atom. The summed E-state index contributed by atoms with van der Waals surface area (Å²) < 4.78 is 1.65. The highest BCUT2D eigenvalue weighted by Crippen LogP contribution is 2.21. The van der Waals surface area contributed by atoms with Crippen molar-refractivity contribution in [3.8, 4) is 0 Å². The number of fused-ring (bicyclic) bond motifs is 1. The Morgan fingerprint density at radius 1 is 0.969 bits per heavy atom. The summed E-state index contributed by atoms with van der Waals surface area (Å²) in [6.45, 7) is 6.42. The van der Waals surface area contributed by atoms with Crippen LogP contribution in [0.2, 0.25) is 0 Å². The predicted molar refractivity (Wildman–Crippen MR) is 132 cm³/mol. The van der Waals surface area contributed by atoms with Crippen molar-refractivity contribution >= 4 is 34.3 Å². The number of carbonyl (C=O) groups excluding carboxylic acids is 1. The van der Waals surface area contributed by atoms with E-state index < -0.39 is 0 Å². The topological polar surface area (TPSA) is 64.0 Å². The first-order chi connectivity index (χ1) is 15.4. The van der Waals surface area contributed by atoms with Crippen molar-refractivity contribution in [1.29, 1.82) is 0 Å². The van der Waals surface area contributed by atoms with Crippen LogP contribution in [0.1, 0.15) is 22.3 Å². The predicted octanol–water partition coefficient (Wildman–Crippen LogP) is 5.10. The smallest absolute Gasteiger partial charge is 0.262 e. The maximum absolute atomic E-state index is 13.2. The monoisotopic (exact) mass is 443 g/mol. The number of anilines is 1. The van der Waals surface area contributed by atoms with Crippen LogP contribution in [-0.4, -0.2) is 21.2 Å². The van der Waals surface area contributed by atoms with E-state index in [0.29, 0.717) is 22.6 Å². The minimum absolute atomic E-state index is 0.103. The van der Waals surface area contributed by atoms with Gasteiger partial charge in [0, 0.05) is 5.69 Å². The van der Waals surface area contributed by atoms with E-state index in [4.69, 9.17) is 4.98 Å². The normalized spacial score (nSPS) is 11.0. The van der Waals surface area contributed by atoms with Gasteiger partial charge in [0.05, 0.1) is 23.2 Å². The van der Waals surface area contributed by atoms with Crippen molar-refractivity contribution in [2.24, 2.45) is 0 Å². The summed E-state index contributed by atoms with van der Waals surface area (Å²) in [5.74, 6) is 0.0256. The van der Waals surface area contributed by atoms with E-state index in [0.717, 1.165) is 27.9 Å². The SMILES string of the molecule is Cc1ccc(Cn2c(SCC(=O)Nc3ccc(C)cc3C)nc3ccccc3c2=O)cc1. The van der Waals surface area contributed by atoms with E-state index in [9.17, 15) is 9.59 Å². The Labute approximate surface area is 191 Å². The Hall–Kier alpha value is -3.38. The van der Waals surface area contributed by atoms with E-state index in [1.165, 1.54) is 11.8 Å². The molecule has 1 amide bonds. The van der Waals surface area contributed by atoms with Crippen molar-refractivity contribution in [3.63, 3.8) is 0 Å². The Bertz CT molecular complexity index is 1340. The first-order valence-electron chi connectivity index (χ1n) is 10.5. The lowest BCUT2D eigenvalue weighted by Crippen LogP contribution is -2.25. The van der Waals surface area contributed by atoms with Gasteiger partial charge in [-0.1, -0.05) is 71.4 Å². The van der Waals surface area contributed by atoms with Gasteiger partial charge in [-0.05, 0) is 50.1 Å². The minimum Gasteiger partial charge on any atom is -0.325 e. The third kappa shape index (κ3) is 4.92. The van der Waals surface area contributed by atoms with Crippen LogP contribution < -0.4 is 10.9 Å². The van der Waals surface area contributed by atoms with Crippen LogP contribution in [0.15, 0.2) is 76.7 Å². The third-order valence-electron chi connectivity index (χ3n) is 5.28. The van der Waals surface area contributed by atoms with Crippen LogP contribution in [0.4, 0.5) is 5.69 Å². The maximum Gasteiger partial charge on any atom is 0.262 e. The van der Waals surface area contributed by atoms with Crippen LogP contribution in [0, 0.1) is 20.8 Å². The molecule has 0 atom stereocenters. The van der Waals surface area contributed by atoms with E-state index in [1.807, 2.05) is 81.4 Å². The van der Waals surface area contributed by atoms with Crippen molar-refractivity contribution in [2.75, 3.05) is 11.1 Å². The van der Waals surface area contributed by atoms with Gasteiger partial charge in [-0.2, -0.15) is 0 Å². The molecular weight excluding hydrogens is 418 g/mol. The van der Waals surface area contributed by atoms with Crippen LogP contribution >= 0.6 is 11.8 Å². The van der Waals surface area contributed by atoms with Gasteiger partial charge >= 0.3 is 0 Å². The van der Waals surface area contributed by atoms with E-state index in [-0.39, 0.29) is 17.2 Å². The van der Waals surface area contributed by atoms with Crippen LogP contribution in [0.25, 0.3) is 10.9 Å². The number of para-hydroxylation sites is 1. The van der Waals surface area contributed by atoms with Gasteiger partial charge in [0.15, 0.2) is 5.16 Å². The number of carbonyl (C=O) groups is 1. The van der Waals surface area contributed by atoms with Gasteiger partial charge in [-0.25, -0.2) is 4.98 Å². The third-order valence-corrected chi connectivity index (χ3v) is 6.25. The highest BCUT2D eigenvalue weighted by Gasteiger charge is 2.14. The lowest BCUT2D eigenvalue weighted by Gasteiger charge is -2.14. The number of hydrogen-bond acceptors (Lipinski definition) is 4. The first kappa shape index (κ1) is 21.8. The zero-order chi connectivity index (χ0) is 22.7. The number of nitrogens with zero attached hydrogens (tertiary/aromatic N) is 2. The molecule has 6 heteroatoms. The molecule has 4 rings (SSSR count). The second-order valence-electron chi connectivity index (χ2n) is 7.94. The van der Waals surface area contributed by atoms with E-state index in [1.54, 1.807) is 10.6 Å². The van der Waals surface area contributed by atoms with Gasteiger partial charge in [0.1, 0.15) is 0 Å². The molecule has 0 fully saturated rings. The molecule has 1 heterocycles. The molecule has 0 aliphatic rings.